The van der Waals surface area contributed by atoms with E-state index in [1.165, 1.54) is 0 Å². The van der Waals surface area contributed by atoms with E-state index < -0.39 is 0 Å². The highest BCUT2D eigenvalue weighted by Crippen LogP contribution is 2.22. The van der Waals surface area contributed by atoms with Gasteiger partial charge < -0.3 is 15.5 Å². The summed E-state index contributed by atoms with van der Waals surface area (Å²) >= 11 is 0. The highest BCUT2D eigenvalue weighted by molar-refractivity contribution is 5.91. The molecule has 0 spiro atoms. The molecule has 0 fully saturated rings. The lowest BCUT2D eigenvalue weighted by Gasteiger charge is -2.07. The normalized spacial score (nSPS) is 11.6. The van der Waals surface area contributed by atoms with Crippen molar-refractivity contribution in [1.29, 1.82) is 0 Å². The summed E-state index contributed by atoms with van der Waals surface area (Å²) < 4.78 is 5.45. The molecule has 1 unspecified atom stereocenters. The number of nitrogens with one attached hydrogen (secondary N) is 1. The molecule has 0 radical (unpaired) electrons. The lowest BCUT2D eigenvalue weighted by molar-refractivity contribution is -0.116. The number of aryl methyl sites for hydroxylation is 1. The van der Waals surface area contributed by atoms with Crippen molar-refractivity contribution in [3.8, 4) is 11.5 Å². The summed E-state index contributed by atoms with van der Waals surface area (Å²) in [5.74, 6) is 1.19. The van der Waals surface area contributed by atoms with Crippen molar-refractivity contribution in [2.75, 3.05) is 5.32 Å². The highest BCUT2D eigenvalue weighted by Gasteiger charge is 2.08. The molecule has 1 heterocycles. The molecule has 1 aromatic carbocycles. The van der Waals surface area contributed by atoms with Crippen LogP contribution in [0.5, 0.6) is 0 Å². The van der Waals surface area contributed by atoms with Crippen molar-refractivity contribution in [3.05, 3.63) is 36.2 Å². The summed E-state index contributed by atoms with van der Waals surface area (Å²) in [7, 11) is 0. The Morgan fingerprint density at radius 1 is 1.50 bits per heavy atom. The molecule has 3 N–H and O–H groups in total. The van der Waals surface area contributed by atoms with E-state index in [0.717, 1.165) is 11.3 Å². The summed E-state index contributed by atoms with van der Waals surface area (Å²) in [6.45, 7) is 3.64. The van der Waals surface area contributed by atoms with Gasteiger partial charge in [0.05, 0.1) is 6.20 Å². The van der Waals surface area contributed by atoms with Gasteiger partial charge in [-0.2, -0.15) is 0 Å². The minimum Gasteiger partial charge on any atom is -0.441 e. The molecule has 0 aliphatic heterocycles. The fourth-order valence-electron chi connectivity index (χ4n) is 1.72. The van der Waals surface area contributed by atoms with Crippen molar-refractivity contribution in [2.24, 2.45) is 5.73 Å². The SMILES string of the molecule is Cc1cnc(-c2cccc(NC(=O)CC(C)N)c2)o1.Cl. The van der Waals surface area contributed by atoms with Crippen LogP contribution in [-0.4, -0.2) is 16.9 Å². The van der Waals surface area contributed by atoms with E-state index in [1.807, 2.05) is 31.2 Å². The fourth-order valence-corrected chi connectivity index (χ4v) is 1.72. The number of rotatable bonds is 4. The molecule has 108 valence electrons. The van der Waals surface area contributed by atoms with Crippen LogP contribution in [0.25, 0.3) is 11.5 Å². The van der Waals surface area contributed by atoms with Crippen LogP contribution in [0.4, 0.5) is 5.69 Å². The van der Waals surface area contributed by atoms with E-state index in [0.29, 0.717) is 18.0 Å². The van der Waals surface area contributed by atoms with Crippen molar-refractivity contribution in [3.63, 3.8) is 0 Å². The van der Waals surface area contributed by atoms with Crippen LogP contribution in [0.3, 0.4) is 0 Å². The molecule has 0 aliphatic carbocycles. The number of hydrogen-bond donors (Lipinski definition) is 2. The quantitative estimate of drug-likeness (QED) is 0.909. The summed E-state index contributed by atoms with van der Waals surface area (Å²) in [6.07, 6.45) is 1.96. The number of nitrogens with zero attached hydrogens (tertiary/aromatic N) is 1. The molecule has 0 saturated heterocycles. The fraction of sp³-hybridized carbons (Fsp3) is 0.286. The zero-order chi connectivity index (χ0) is 13.8. The predicted octanol–water partition coefficient (Wildman–Crippen LogP) is 2.75. The van der Waals surface area contributed by atoms with Gasteiger partial charge in [-0.25, -0.2) is 4.98 Å². The lowest BCUT2D eigenvalue weighted by Crippen LogP contribution is -2.23. The Labute approximate surface area is 124 Å². The molecule has 0 aliphatic rings. The second kappa shape index (κ2) is 7.07. The molecular weight excluding hydrogens is 278 g/mol. The Balaban J connectivity index is 0.00000200. The number of amides is 1. The number of hydrogen-bond acceptors (Lipinski definition) is 4. The van der Waals surface area contributed by atoms with Gasteiger partial charge in [0.15, 0.2) is 0 Å². The standard InChI is InChI=1S/C14H17N3O2.ClH/c1-9(15)6-13(18)17-12-5-3-4-11(7-12)14-16-8-10(2)19-14;/h3-5,7-9H,6,15H2,1-2H3,(H,17,18);1H. The first-order valence-electron chi connectivity index (χ1n) is 6.13. The number of carbonyl (C=O) groups is 1. The molecule has 20 heavy (non-hydrogen) atoms. The van der Waals surface area contributed by atoms with Gasteiger partial charge in [0, 0.05) is 23.7 Å². The highest BCUT2D eigenvalue weighted by atomic mass is 35.5. The summed E-state index contributed by atoms with van der Waals surface area (Å²) in [5, 5.41) is 2.80. The summed E-state index contributed by atoms with van der Waals surface area (Å²) in [5.41, 5.74) is 7.12. The second-order valence-electron chi connectivity index (χ2n) is 4.59. The topological polar surface area (TPSA) is 81.2 Å². The average Bonchev–Trinajstić information content (AvgIpc) is 2.75. The van der Waals surface area contributed by atoms with Gasteiger partial charge >= 0.3 is 0 Å². The Bertz CT molecular complexity index is 581. The molecule has 2 aromatic rings. The number of aromatic nitrogens is 1. The number of carbonyl (C=O) groups excluding carboxylic acids is 1. The van der Waals surface area contributed by atoms with Crippen LogP contribution in [-0.2, 0) is 4.79 Å². The first kappa shape index (κ1) is 16.2. The number of oxazole rings is 1. The first-order chi connectivity index (χ1) is 9.04. The van der Waals surface area contributed by atoms with Crippen LogP contribution >= 0.6 is 12.4 Å². The molecule has 6 heteroatoms. The van der Waals surface area contributed by atoms with Gasteiger partial charge in [-0.3, -0.25) is 4.79 Å². The van der Waals surface area contributed by atoms with Crippen molar-refractivity contribution in [2.45, 2.75) is 26.3 Å². The van der Waals surface area contributed by atoms with E-state index in [2.05, 4.69) is 10.3 Å². The number of benzene rings is 1. The van der Waals surface area contributed by atoms with Gasteiger partial charge in [-0.15, -0.1) is 12.4 Å². The van der Waals surface area contributed by atoms with Crippen LogP contribution in [0.1, 0.15) is 19.1 Å². The molecule has 1 amide bonds. The second-order valence-corrected chi connectivity index (χ2v) is 4.59. The van der Waals surface area contributed by atoms with Gasteiger partial charge in [0.25, 0.3) is 0 Å². The molecule has 0 saturated carbocycles. The number of nitrogens with two attached hydrogens (primary N) is 1. The third-order valence-corrected chi connectivity index (χ3v) is 2.52. The molecule has 2 rings (SSSR count). The van der Waals surface area contributed by atoms with Crippen LogP contribution < -0.4 is 11.1 Å². The lowest BCUT2D eigenvalue weighted by atomic mass is 10.2. The third-order valence-electron chi connectivity index (χ3n) is 2.52. The molecule has 0 bridgehead atoms. The summed E-state index contributed by atoms with van der Waals surface area (Å²) in [4.78, 5) is 15.8. The Morgan fingerprint density at radius 2 is 2.25 bits per heavy atom. The van der Waals surface area contributed by atoms with Crippen molar-refractivity contribution >= 4 is 24.0 Å². The minimum absolute atomic E-state index is 0. The van der Waals surface area contributed by atoms with Gasteiger partial charge in [-0.1, -0.05) is 6.07 Å². The van der Waals surface area contributed by atoms with E-state index in [-0.39, 0.29) is 24.4 Å². The van der Waals surface area contributed by atoms with Crippen molar-refractivity contribution in [1.82, 2.24) is 4.98 Å². The molecule has 1 atom stereocenters. The van der Waals surface area contributed by atoms with E-state index in [1.54, 1.807) is 13.1 Å². The maximum absolute atomic E-state index is 11.6. The molecular formula is C14H18ClN3O2. The zero-order valence-corrected chi connectivity index (χ0v) is 12.2. The Kier molecular flexibility index (Phi) is 5.73. The average molecular weight is 296 g/mol. The van der Waals surface area contributed by atoms with E-state index in [4.69, 9.17) is 10.2 Å². The number of anilines is 1. The zero-order valence-electron chi connectivity index (χ0n) is 11.4. The first-order valence-corrected chi connectivity index (χ1v) is 6.13. The Hall–Kier alpha value is -1.85. The van der Waals surface area contributed by atoms with Crippen molar-refractivity contribution < 1.29 is 9.21 Å². The van der Waals surface area contributed by atoms with E-state index in [9.17, 15) is 4.79 Å². The maximum Gasteiger partial charge on any atom is 0.226 e. The Morgan fingerprint density at radius 3 is 2.85 bits per heavy atom. The van der Waals surface area contributed by atoms with Gasteiger partial charge in [0.1, 0.15) is 5.76 Å². The number of halogens is 1. The largest absolute Gasteiger partial charge is 0.441 e. The van der Waals surface area contributed by atoms with Gasteiger partial charge in [-0.05, 0) is 32.0 Å². The van der Waals surface area contributed by atoms with Crippen LogP contribution in [0, 0.1) is 6.92 Å². The van der Waals surface area contributed by atoms with E-state index >= 15 is 0 Å². The summed E-state index contributed by atoms with van der Waals surface area (Å²) in [6, 6.07) is 7.21. The minimum atomic E-state index is -0.155. The maximum atomic E-state index is 11.6. The molecule has 5 nitrogen and oxygen atoms in total. The monoisotopic (exact) mass is 295 g/mol. The molecule has 1 aromatic heterocycles. The van der Waals surface area contributed by atoms with Crippen LogP contribution in [0.15, 0.2) is 34.9 Å². The third kappa shape index (κ3) is 4.36. The van der Waals surface area contributed by atoms with Crippen LogP contribution in [0.2, 0.25) is 0 Å². The predicted molar refractivity (Wildman–Crippen MR) is 80.8 cm³/mol. The van der Waals surface area contributed by atoms with Gasteiger partial charge in [0.2, 0.25) is 11.8 Å². The smallest absolute Gasteiger partial charge is 0.226 e.